The molecule has 68 valence electrons. The summed E-state index contributed by atoms with van der Waals surface area (Å²) >= 11 is 0. The Balaban J connectivity index is 2.81. The standard InChI is InChI=1S/C9H11N3O/c1-13-7-9(11-12-10)8-5-3-2-4-6-8/h2-6,9H,7H2,1H3. The quantitative estimate of drug-likeness (QED) is 0.396. The van der Waals surface area contributed by atoms with E-state index >= 15 is 0 Å². The van der Waals surface area contributed by atoms with Gasteiger partial charge < -0.3 is 4.74 Å². The van der Waals surface area contributed by atoms with Crippen molar-refractivity contribution in [2.45, 2.75) is 6.04 Å². The molecular weight excluding hydrogens is 166 g/mol. The summed E-state index contributed by atoms with van der Waals surface area (Å²) in [4.78, 5) is 2.78. The Morgan fingerprint density at radius 3 is 2.69 bits per heavy atom. The van der Waals surface area contributed by atoms with E-state index < -0.39 is 0 Å². The van der Waals surface area contributed by atoms with Crippen molar-refractivity contribution < 1.29 is 4.74 Å². The molecule has 0 aromatic heterocycles. The maximum atomic E-state index is 8.33. The summed E-state index contributed by atoms with van der Waals surface area (Å²) < 4.78 is 4.95. The first-order chi connectivity index (χ1) is 6.38. The van der Waals surface area contributed by atoms with Crippen molar-refractivity contribution in [3.8, 4) is 0 Å². The molecule has 13 heavy (non-hydrogen) atoms. The molecule has 0 aliphatic rings. The normalized spacial score (nSPS) is 11.8. The van der Waals surface area contributed by atoms with E-state index in [1.54, 1.807) is 7.11 Å². The average molecular weight is 177 g/mol. The average Bonchev–Trinajstić information content (AvgIpc) is 2.19. The summed E-state index contributed by atoms with van der Waals surface area (Å²) in [5.74, 6) is 0. The van der Waals surface area contributed by atoms with E-state index in [2.05, 4.69) is 10.0 Å². The summed E-state index contributed by atoms with van der Waals surface area (Å²) in [6, 6.07) is 9.34. The molecular formula is C9H11N3O. The second-order valence-electron chi connectivity index (χ2n) is 2.59. The molecule has 4 heteroatoms. The van der Waals surface area contributed by atoms with Gasteiger partial charge in [0.2, 0.25) is 0 Å². The Morgan fingerprint density at radius 2 is 2.15 bits per heavy atom. The van der Waals surface area contributed by atoms with Crippen LogP contribution in [0.4, 0.5) is 0 Å². The van der Waals surface area contributed by atoms with Crippen LogP contribution in [-0.2, 0) is 4.74 Å². The zero-order chi connectivity index (χ0) is 9.52. The monoisotopic (exact) mass is 177 g/mol. The van der Waals surface area contributed by atoms with Gasteiger partial charge in [-0.15, -0.1) is 0 Å². The molecule has 0 bridgehead atoms. The highest BCUT2D eigenvalue weighted by atomic mass is 16.5. The Morgan fingerprint density at radius 1 is 1.46 bits per heavy atom. The fourth-order valence-electron chi connectivity index (χ4n) is 1.09. The molecule has 0 heterocycles. The van der Waals surface area contributed by atoms with Gasteiger partial charge in [0.05, 0.1) is 12.6 Å². The van der Waals surface area contributed by atoms with Crippen LogP contribution in [0.2, 0.25) is 0 Å². The van der Waals surface area contributed by atoms with E-state index in [1.807, 2.05) is 30.3 Å². The molecule has 0 radical (unpaired) electrons. The largest absolute Gasteiger partial charge is 0.384 e. The van der Waals surface area contributed by atoms with Gasteiger partial charge in [-0.05, 0) is 11.1 Å². The fraction of sp³-hybridized carbons (Fsp3) is 0.333. The van der Waals surface area contributed by atoms with E-state index in [0.29, 0.717) is 6.61 Å². The van der Waals surface area contributed by atoms with Crippen molar-refractivity contribution >= 4 is 0 Å². The molecule has 0 saturated heterocycles. The Hall–Kier alpha value is -1.51. The van der Waals surface area contributed by atoms with E-state index in [-0.39, 0.29) is 6.04 Å². The van der Waals surface area contributed by atoms with Gasteiger partial charge in [-0.2, -0.15) is 0 Å². The summed E-state index contributed by atoms with van der Waals surface area (Å²) in [7, 11) is 1.59. The third kappa shape index (κ3) is 2.78. The molecule has 0 aliphatic heterocycles. The minimum absolute atomic E-state index is 0.226. The van der Waals surface area contributed by atoms with Crippen LogP contribution in [0.25, 0.3) is 10.4 Å². The molecule has 0 spiro atoms. The Kier molecular flexibility index (Phi) is 3.82. The number of benzene rings is 1. The molecule has 1 rings (SSSR count). The summed E-state index contributed by atoms with van der Waals surface area (Å²) in [5.41, 5.74) is 9.30. The van der Waals surface area contributed by atoms with Crippen molar-refractivity contribution in [2.75, 3.05) is 13.7 Å². The van der Waals surface area contributed by atoms with Gasteiger partial charge in [-0.1, -0.05) is 35.4 Å². The lowest BCUT2D eigenvalue weighted by atomic mass is 10.1. The van der Waals surface area contributed by atoms with Crippen molar-refractivity contribution in [1.29, 1.82) is 0 Å². The number of hydrogen-bond acceptors (Lipinski definition) is 2. The van der Waals surface area contributed by atoms with Crippen molar-refractivity contribution in [3.05, 3.63) is 46.3 Å². The van der Waals surface area contributed by atoms with Crippen LogP contribution in [-0.4, -0.2) is 13.7 Å². The lowest BCUT2D eigenvalue weighted by molar-refractivity contribution is 0.181. The highest BCUT2D eigenvalue weighted by molar-refractivity contribution is 5.18. The number of methoxy groups -OCH3 is 1. The Labute approximate surface area is 76.8 Å². The van der Waals surface area contributed by atoms with Crippen LogP contribution >= 0.6 is 0 Å². The predicted octanol–water partition coefficient (Wildman–Crippen LogP) is 2.68. The first-order valence-electron chi connectivity index (χ1n) is 3.96. The van der Waals surface area contributed by atoms with Crippen LogP contribution in [0.5, 0.6) is 0 Å². The van der Waals surface area contributed by atoms with Crippen LogP contribution < -0.4 is 0 Å². The lowest BCUT2D eigenvalue weighted by Crippen LogP contribution is -2.02. The third-order valence-corrected chi connectivity index (χ3v) is 1.70. The van der Waals surface area contributed by atoms with Gasteiger partial charge in [0, 0.05) is 12.0 Å². The predicted molar refractivity (Wildman–Crippen MR) is 50.2 cm³/mol. The Bertz CT molecular complexity index is 293. The smallest absolute Gasteiger partial charge is 0.0858 e. The molecule has 0 amide bonds. The molecule has 1 atom stereocenters. The van der Waals surface area contributed by atoms with Gasteiger partial charge in [0.15, 0.2) is 0 Å². The van der Waals surface area contributed by atoms with E-state index in [9.17, 15) is 0 Å². The molecule has 0 fully saturated rings. The zero-order valence-electron chi connectivity index (χ0n) is 7.42. The number of hydrogen-bond donors (Lipinski definition) is 0. The first kappa shape index (κ1) is 9.58. The van der Waals surface area contributed by atoms with Crippen LogP contribution in [0, 0.1) is 0 Å². The zero-order valence-corrected chi connectivity index (χ0v) is 7.42. The van der Waals surface area contributed by atoms with Crippen LogP contribution in [0.1, 0.15) is 11.6 Å². The maximum absolute atomic E-state index is 8.33. The van der Waals surface area contributed by atoms with Crippen LogP contribution in [0.15, 0.2) is 35.4 Å². The third-order valence-electron chi connectivity index (χ3n) is 1.70. The summed E-state index contributed by atoms with van der Waals surface area (Å²) in [6.07, 6.45) is 0. The van der Waals surface area contributed by atoms with Gasteiger partial charge in [0.1, 0.15) is 0 Å². The second kappa shape index (κ2) is 5.19. The molecule has 1 aromatic rings. The maximum Gasteiger partial charge on any atom is 0.0858 e. The SMILES string of the molecule is COCC(N=[N+]=[N-])c1ccccc1. The van der Waals surface area contributed by atoms with Crippen molar-refractivity contribution in [2.24, 2.45) is 5.11 Å². The molecule has 0 N–H and O–H groups in total. The van der Waals surface area contributed by atoms with Crippen molar-refractivity contribution in [1.82, 2.24) is 0 Å². The first-order valence-corrected chi connectivity index (χ1v) is 3.96. The molecule has 0 aliphatic carbocycles. The van der Waals surface area contributed by atoms with Gasteiger partial charge in [-0.3, -0.25) is 0 Å². The van der Waals surface area contributed by atoms with E-state index in [1.165, 1.54) is 0 Å². The molecule has 0 saturated carbocycles. The number of ether oxygens (including phenoxy) is 1. The highest BCUT2D eigenvalue weighted by Crippen LogP contribution is 2.16. The highest BCUT2D eigenvalue weighted by Gasteiger charge is 2.07. The van der Waals surface area contributed by atoms with Gasteiger partial charge in [-0.25, -0.2) is 0 Å². The number of rotatable bonds is 4. The lowest BCUT2D eigenvalue weighted by Gasteiger charge is -2.09. The topological polar surface area (TPSA) is 58.0 Å². The molecule has 1 aromatic carbocycles. The van der Waals surface area contributed by atoms with E-state index in [0.717, 1.165) is 5.56 Å². The molecule has 1 unspecified atom stereocenters. The fourth-order valence-corrected chi connectivity index (χ4v) is 1.09. The van der Waals surface area contributed by atoms with Gasteiger partial charge >= 0.3 is 0 Å². The minimum atomic E-state index is -0.226. The van der Waals surface area contributed by atoms with E-state index in [4.69, 9.17) is 10.3 Å². The summed E-state index contributed by atoms with van der Waals surface area (Å²) in [6.45, 7) is 0.411. The van der Waals surface area contributed by atoms with Crippen molar-refractivity contribution in [3.63, 3.8) is 0 Å². The summed E-state index contributed by atoms with van der Waals surface area (Å²) in [5, 5.41) is 3.64. The minimum Gasteiger partial charge on any atom is -0.384 e. The van der Waals surface area contributed by atoms with Crippen LogP contribution in [0.3, 0.4) is 0 Å². The number of azide groups is 1. The second-order valence-corrected chi connectivity index (χ2v) is 2.59. The molecule has 4 nitrogen and oxygen atoms in total. The van der Waals surface area contributed by atoms with Gasteiger partial charge in [0.25, 0.3) is 0 Å². The number of nitrogens with zero attached hydrogens (tertiary/aromatic N) is 3.